The average Bonchev–Trinajstić information content (AvgIpc) is 2.09. The summed E-state index contributed by atoms with van der Waals surface area (Å²) >= 11 is 0. The standard InChI is InChI=1S/C11H24N2/c1-9-5-6-13(7-10(9)2)11(3,4)8-12/h9-10H,5-8,12H2,1-4H3. The monoisotopic (exact) mass is 184 g/mol. The van der Waals surface area contributed by atoms with Gasteiger partial charge in [0.2, 0.25) is 0 Å². The Hall–Kier alpha value is -0.0800. The van der Waals surface area contributed by atoms with Crippen molar-refractivity contribution in [2.45, 2.75) is 39.7 Å². The molecule has 1 aliphatic rings. The molecule has 0 saturated carbocycles. The molecule has 1 saturated heterocycles. The molecule has 1 fully saturated rings. The van der Waals surface area contributed by atoms with E-state index >= 15 is 0 Å². The predicted molar refractivity (Wildman–Crippen MR) is 57.7 cm³/mol. The molecular formula is C11H24N2. The average molecular weight is 184 g/mol. The quantitative estimate of drug-likeness (QED) is 0.708. The van der Waals surface area contributed by atoms with Crippen LogP contribution in [0.5, 0.6) is 0 Å². The van der Waals surface area contributed by atoms with Crippen molar-refractivity contribution in [3.63, 3.8) is 0 Å². The zero-order chi connectivity index (χ0) is 10.1. The minimum atomic E-state index is 0.189. The van der Waals surface area contributed by atoms with E-state index in [1.54, 1.807) is 0 Å². The molecule has 0 aromatic rings. The van der Waals surface area contributed by atoms with Gasteiger partial charge in [-0.25, -0.2) is 0 Å². The predicted octanol–water partition coefficient (Wildman–Crippen LogP) is 1.70. The Kier molecular flexibility index (Phi) is 3.36. The van der Waals surface area contributed by atoms with Crippen LogP contribution in [-0.2, 0) is 0 Å². The number of piperidine rings is 1. The summed E-state index contributed by atoms with van der Waals surface area (Å²) in [5.74, 6) is 1.70. The van der Waals surface area contributed by atoms with Crippen LogP contribution in [-0.4, -0.2) is 30.1 Å². The van der Waals surface area contributed by atoms with E-state index in [0.29, 0.717) is 0 Å². The summed E-state index contributed by atoms with van der Waals surface area (Å²) in [7, 11) is 0. The molecule has 2 heteroatoms. The maximum absolute atomic E-state index is 5.78. The second-order valence-electron chi connectivity index (χ2n) is 5.21. The highest BCUT2D eigenvalue weighted by Gasteiger charge is 2.31. The zero-order valence-corrected chi connectivity index (χ0v) is 9.51. The molecule has 0 spiro atoms. The number of rotatable bonds is 2. The Morgan fingerprint density at radius 2 is 1.92 bits per heavy atom. The lowest BCUT2D eigenvalue weighted by molar-refractivity contribution is 0.0526. The largest absolute Gasteiger partial charge is 0.329 e. The van der Waals surface area contributed by atoms with Crippen LogP contribution in [0.1, 0.15) is 34.1 Å². The van der Waals surface area contributed by atoms with Crippen LogP contribution in [0.3, 0.4) is 0 Å². The van der Waals surface area contributed by atoms with E-state index in [1.807, 2.05) is 0 Å². The third kappa shape index (κ3) is 2.44. The Morgan fingerprint density at radius 3 is 2.38 bits per heavy atom. The zero-order valence-electron chi connectivity index (χ0n) is 9.51. The lowest BCUT2D eigenvalue weighted by Gasteiger charge is -2.44. The molecule has 2 nitrogen and oxygen atoms in total. The summed E-state index contributed by atoms with van der Waals surface area (Å²) in [4.78, 5) is 2.54. The van der Waals surface area contributed by atoms with Crippen molar-refractivity contribution in [1.29, 1.82) is 0 Å². The molecule has 2 unspecified atom stereocenters. The Bertz CT molecular complexity index is 165. The van der Waals surface area contributed by atoms with Crippen molar-refractivity contribution in [3.05, 3.63) is 0 Å². The van der Waals surface area contributed by atoms with Crippen molar-refractivity contribution < 1.29 is 0 Å². The van der Waals surface area contributed by atoms with Gasteiger partial charge in [0.1, 0.15) is 0 Å². The van der Waals surface area contributed by atoms with E-state index in [-0.39, 0.29) is 5.54 Å². The van der Waals surface area contributed by atoms with Gasteiger partial charge in [0.15, 0.2) is 0 Å². The van der Waals surface area contributed by atoms with Crippen LogP contribution in [0, 0.1) is 11.8 Å². The molecule has 78 valence electrons. The second kappa shape index (κ2) is 3.97. The minimum Gasteiger partial charge on any atom is -0.329 e. The van der Waals surface area contributed by atoms with Crippen LogP contribution in [0.2, 0.25) is 0 Å². The second-order valence-corrected chi connectivity index (χ2v) is 5.21. The summed E-state index contributed by atoms with van der Waals surface area (Å²) in [6.07, 6.45) is 1.32. The van der Waals surface area contributed by atoms with Gasteiger partial charge in [-0.15, -0.1) is 0 Å². The minimum absolute atomic E-state index is 0.189. The molecule has 0 aliphatic carbocycles. The molecule has 13 heavy (non-hydrogen) atoms. The van der Waals surface area contributed by atoms with Gasteiger partial charge in [0.05, 0.1) is 0 Å². The topological polar surface area (TPSA) is 29.3 Å². The van der Waals surface area contributed by atoms with Gasteiger partial charge in [-0.1, -0.05) is 13.8 Å². The summed E-state index contributed by atoms with van der Waals surface area (Å²) in [6.45, 7) is 12.4. The van der Waals surface area contributed by atoms with Crippen LogP contribution in [0.25, 0.3) is 0 Å². The number of likely N-dealkylation sites (tertiary alicyclic amines) is 1. The van der Waals surface area contributed by atoms with Crippen LogP contribution >= 0.6 is 0 Å². The van der Waals surface area contributed by atoms with Crippen LogP contribution in [0.4, 0.5) is 0 Å². The summed E-state index contributed by atoms with van der Waals surface area (Å²) in [6, 6.07) is 0. The molecule has 2 N–H and O–H groups in total. The molecule has 1 aliphatic heterocycles. The molecule has 0 amide bonds. The molecule has 0 radical (unpaired) electrons. The molecule has 1 heterocycles. The number of nitrogens with two attached hydrogens (primary N) is 1. The Balaban J connectivity index is 2.55. The van der Waals surface area contributed by atoms with Gasteiger partial charge in [-0.3, -0.25) is 4.90 Å². The fraction of sp³-hybridized carbons (Fsp3) is 1.00. The van der Waals surface area contributed by atoms with Gasteiger partial charge in [-0.2, -0.15) is 0 Å². The summed E-state index contributed by atoms with van der Waals surface area (Å²) < 4.78 is 0. The van der Waals surface area contributed by atoms with Gasteiger partial charge in [0, 0.05) is 18.6 Å². The number of hydrogen-bond donors (Lipinski definition) is 1. The summed E-state index contributed by atoms with van der Waals surface area (Å²) in [5.41, 5.74) is 5.96. The van der Waals surface area contributed by atoms with Crippen LogP contribution < -0.4 is 5.73 Å². The van der Waals surface area contributed by atoms with E-state index in [9.17, 15) is 0 Å². The van der Waals surface area contributed by atoms with Crippen molar-refractivity contribution in [1.82, 2.24) is 4.90 Å². The molecule has 0 aromatic carbocycles. The lowest BCUT2D eigenvalue weighted by Crippen LogP contribution is -2.54. The first-order chi connectivity index (χ1) is 5.97. The maximum atomic E-state index is 5.78. The van der Waals surface area contributed by atoms with E-state index in [1.165, 1.54) is 19.5 Å². The maximum Gasteiger partial charge on any atom is 0.0275 e. The number of hydrogen-bond acceptors (Lipinski definition) is 2. The SMILES string of the molecule is CC1CCN(C(C)(C)CN)CC1C. The van der Waals surface area contributed by atoms with Crippen molar-refractivity contribution in [3.8, 4) is 0 Å². The van der Waals surface area contributed by atoms with Crippen molar-refractivity contribution >= 4 is 0 Å². The van der Waals surface area contributed by atoms with Crippen molar-refractivity contribution in [2.24, 2.45) is 17.6 Å². The number of nitrogens with zero attached hydrogens (tertiary/aromatic N) is 1. The highest BCUT2D eigenvalue weighted by atomic mass is 15.2. The van der Waals surface area contributed by atoms with Gasteiger partial charge < -0.3 is 5.73 Å². The van der Waals surface area contributed by atoms with E-state index < -0.39 is 0 Å². The Labute approximate surface area is 82.5 Å². The van der Waals surface area contributed by atoms with E-state index in [4.69, 9.17) is 5.73 Å². The van der Waals surface area contributed by atoms with Crippen LogP contribution in [0.15, 0.2) is 0 Å². The first-order valence-corrected chi connectivity index (χ1v) is 5.42. The fourth-order valence-corrected chi connectivity index (χ4v) is 1.94. The first-order valence-electron chi connectivity index (χ1n) is 5.42. The van der Waals surface area contributed by atoms with Gasteiger partial charge >= 0.3 is 0 Å². The molecular weight excluding hydrogens is 160 g/mol. The van der Waals surface area contributed by atoms with Crippen molar-refractivity contribution in [2.75, 3.05) is 19.6 Å². The fourth-order valence-electron chi connectivity index (χ4n) is 1.94. The summed E-state index contributed by atoms with van der Waals surface area (Å²) in [5, 5.41) is 0. The smallest absolute Gasteiger partial charge is 0.0275 e. The molecule has 0 aromatic heterocycles. The molecule has 0 bridgehead atoms. The third-order valence-electron chi connectivity index (χ3n) is 3.69. The van der Waals surface area contributed by atoms with Gasteiger partial charge in [0.25, 0.3) is 0 Å². The highest BCUT2D eigenvalue weighted by Crippen LogP contribution is 2.27. The molecule has 1 rings (SSSR count). The van der Waals surface area contributed by atoms with Gasteiger partial charge in [-0.05, 0) is 38.6 Å². The molecule has 2 atom stereocenters. The third-order valence-corrected chi connectivity index (χ3v) is 3.69. The lowest BCUT2D eigenvalue weighted by atomic mass is 9.86. The first kappa shape index (κ1) is 11.0. The normalized spacial score (nSPS) is 32.1. The van der Waals surface area contributed by atoms with E-state index in [0.717, 1.165) is 18.4 Å². The Morgan fingerprint density at radius 1 is 1.31 bits per heavy atom. The van der Waals surface area contributed by atoms with E-state index in [2.05, 4.69) is 32.6 Å². The highest BCUT2D eigenvalue weighted by molar-refractivity contribution is 4.87.